The first-order chi connectivity index (χ1) is 34.0. The van der Waals surface area contributed by atoms with E-state index in [9.17, 15) is 19.4 Å². The van der Waals surface area contributed by atoms with Crippen molar-refractivity contribution in [3.63, 3.8) is 0 Å². The summed E-state index contributed by atoms with van der Waals surface area (Å²) in [4.78, 5) is 22.9. The Kier molecular flexibility index (Phi) is 16.7. The predicted octanol–water partition coefficient (Wildman–Crippen LogP) is 12.1. The molecular formula is C58H67FN2O9. The van der Waals surface area contributed by atoms with Crippen LogP contribution in [0, 0.1) is 23.6 Å². The second-order valence-electron chi connectivity index (χ2n) is 19.5. The quantitative estimate of drug-likeness (QED) is 0.0396. The summed E-state index contributed by atoms with van der Waals surface area (Å²) in [6.07, 6.45) is 7.92. The van der Waals surface area contributed by atoms with Gasteiger partial charge in [0.05, 0.1) is 31.5 Å². The lowest BCUT2D eigenvalue weighted by atomic mass is 9.55. The molecule has 1 fully saturated rings. The van der Waals surface area contributed by atoms with Crippen LogP contribution in [0.15, 0.2) is 145 Å². The Morgan fingerprint density at radius 1 is 0.857 bits per heavy atom. The zero-order valence-corrected chi connectivity index (χ0v) is 40.6. The fourth-order valence-corrected chi connectivity index (χ4v) is 10.4. The van der Waals surface area contributed by atoms with Gasteiger partial charge in [-0.15, -0.1) is 6.58 Å². The number of allylic oxidation sites excluding steroid dienone is 1. The first-order valence-corrected chi connectivity index (χ1v) is 24.7. The smallest absolute Gasteiger partial charge is 0.410 e. The van der Waals surface area contributed by atoms with Gasteiger partial charge in [-0.2, -0.15) is 0 Å². The number of benzene rings is 5. The Bertz CT molecular complexity index is 2600. The van der Waals surface area contributed by atoms with Gasteiger partial charge in [-0.05, 0) is 128 Å². The maximum absolute atomic E-state index is 15.0. The van der Waals surface area contributed by atoms with Crippen LogP contribution in [0.5, 0.6) is 17.2 Å². The van der Waals surface area contributed by atoms with Crippen molar-refractivity contribution < 1.29 is 47.9 Å². The average Bonchev–Trinajstić information content (AvgIpc) is 3.36. The zero-order valence-electron chi connectivity index (χ0n) is 40.6. The first kappa shape index (κ1) is 50.3. The van der Waals surface area contributed by atoms with Gasteiger partial charge in [-0.25, -0.2) is 9.18 Å². The van der Waals surface area contributed by atoms with Gasteiger partial charge in [-0.1, -0.05) is 103 Å². The Labute approximate surface area is 411 Å². The van der Waals surface area contributed by atoms with Crippen LogP contribution in [0.2, 0.25) is 0 Å². The summed E-state index contributed by atoms with van der Waals surface area (Å²) in [5, 5.41) is 27.2. The Morgan fingerprint density at radius 3 is 2.31 bits per heavy atom. The van der Waals surface area contributed by atoms with Crippen molar-refractivity contribution in [2.45, 2.75) is 102 Å². The number of aliphatic hydroxyl groups excluding tert-OH is 2. The van der Waals surface area contributed by atoms with E-state index in [1.165, 1.54) is 12.1 Å². The molecule has 0 radical (unpaired) electrons. The van der Waals surface area contributed by atoms with E-state index in [1.807, 2.05) is 93.6 Å². The number of nitrogens with zero attached hydrogens (tertiary/aromatic N) is 2. The van der Waals surface area contributed by atoms with Crippen molar-refractivity contribution in [1.82, 2.24) is 4.90 Å². The molecule has 70 heavy (non-hydrogen) atoms. The number of carbonyl (C=O) groups is 1. The van der Waals surface area contributed by atoms with Crippen LogP contribution in [0.1, 0.15) is 88.3 Å². The molecule has 0 aromatic heterocycles. The van der Waals surface area contributed by atoms with E-state index in [1.54, 1.807) is 23.1 Å². The number of ether oxygens (including phenoxy) is 5. The van der Waals surface area contributed by atoms with Gasteiger partial charge in [-0.3, -0.25) is 4.90 Å². The summed E-state index contributed by atoms with van der Waals surface area (Å²) in [6.45, 7) is 10.6. The molecule has 3 aliphatic rings. The maximum Gasteiger partial charge on any atom is 0.410 e. The molecule has 2 aliphatic carbocycles. The Hall–Kier alpha value is -6.05. The fourth-order valence-electron chi connectivity index (χ4n) is 10.4. The van der Waals surface area contributed by atoms with Crippen molar-refractivity contribution in [3.05, 3.63) is 162 Å². The molecule has 0 unspecified atom stereocenters. The molecule has 0 saturated heterocycles. The van der Waals surface area contributed by atoms with E-state index in [0.717, 1.165) is 53.2 Å². The lowest BCUT2D eigenvalue weighted by Crippen LogP contribution is -2.70. The highest BCUT2D eigenvalue weighted by Crippen LogP contribution is 2.62. The summed E-state index contributed by atoms with van der Waals surface area (Å²) in [5.74, 6) is -0.875. The predicted molar refractivity (Wildman–Crippen MR) is 269 cm³/mol. The molecule has 12 heteroatoms. The molecule has 0 spiro atoms. The van der Waals surface area contributed by atoms with Gasteiger partial charge in [0.1, 0.15) is 41.3 Å². The second kappa shape index (κ2) is 23.2. The summed E-state index contributed by atoms with van der Waals surface area (Å²) < 4.78 is 47.8. The lowest BCUT2D eigenvalue weighted by Gasteiger charge is -2.60. The number of oxime groups is 1. The van der Waals surface area contributed by atoms with Crippen molar-refractivity contribution in [3.8, 4) is 17.2 Å². The van der Waals surface area contributed by atoms with Crippen molar-refractivity contribution in [2.75, 3.05) is 33.0 Å². The molecule has 1 aliphatic heterocycles. The van der Waals surface area contributed by atoms with E-state index in [4.69, 9.17) is 33.7 Å². The number of aliphatic hydroxyl groups is 2. The Morgan fingerprint density at radius 2 is 1.57 bits per heavy atom. The monoisotopic (exact) mass is 954 g/mol. The molecule has 0 bridgehead atoms. The summed E-state index contributed by atoms with van der Waals surface area (Å²) in [7, 11) is 0. The summed E-state index contributed by atoms with van der Waals surface area (Å²) in [6, 6.07) is 35.1. The molecule has 1 amide bonds. The van der Waals surface area contributed by atoms with Gasteiger partial charge in [0.2, 0.25) is 5.79 Å². The van der Waals surface area contributed by atoms with Gasteiger partial charge < -0.3 is 38.7 Å². The summed E-state index contributed by atoms with van der Waals surface area (Å²) >= 11 is 0. The number of halogens is 1. The largest absolute Gasteiger partial charge is 0.459 e. The number of carbonyl (C=O) groups excluding carboxylic acids is 1. The van der Waals surface area contributed by atoms with Gasteiger partial charge in [0, 0.05) is 37.7 Å². The number of hydrogen-bond acceptors (Lipinski definition) is 10. The minimum absolute atomic E-state index is 0.00735. The van der Waals surface area contributed by atoms with Crippen molar-refractivity contribution in [2.24, 2.45) is 22.9 Å². The topological polar surface area (TPSA) is 129 Å². The molecule has 370 valence electrons. The molecule has 11 nitrogen and oxygen atoms in total. The minimum atomic E-state index is -1.55. The number of unbranched alkanes of at least 4 members (excludes halogenated alkanes) is 2. The Balaban J connectivity index is 1.28. The van der Waals surface area contributed by atoms with E-state index in [0.29, 0.717) is 48.0 Å². The third-order valence-electron chi connectivity index (χ3n) is 13.5. The van der Waals surface area contributed by atoms with Crippen LogP contribution in [0.25, 0.3) is 10.8 Å². The molecule has 5 aromatic rings. The fraction of sp³-hybridized carbons (Fsp3) is 0.414. The van der Waals surface area contributed by atoms with Gasteiger partial charge in [0.25, 0.3) is 0 Å². The van der Waals surface area contributed by atoms with E-state index >= 15 is 0 Å². The number of fused-ring (bicyclic) bond motifs is 3. The highest BCUT2D eigenvalue weighted by molar-refractivity contribution is 6.03. The third-order valence-corrected chi connectivity index (χ3v) is 13.5. The maximum atomic E-state index is 15.0. The van der Waals surface area contributed by atoms with Crippen LogP contribution < -0.4 is 9.47 Å². The van der Waals surface area contributed by atoms with E-state index in [2.05, 4.69) is 30.9 Å². The molecule has 6 atom stereocenters. The molecule has 2 N–H and O–H groups in total. The van der Waals surface area contributed by atoms with Crippen LogP contribution in [0.4, 0.5) is 9.18 Å². The first-order valence-electron chi connectivity index (χ1n) is 24.7. The van der Waals surface area contributed by atoms with Crippen molar-refractivity contribution in [1.29, 1.82) is 0 Å². The van der Waals surface area contributed by atoms with Crippen LogP contribution >= 0.6 is 0 Å². The van der Waals surface area contributed by atoms with Crippen LogP contribution in [-0.2, 0) is 32.2 Å². The molecular weight excluding hydrogens is 888 g/mol. The SMILES string of the molecule is C=CCO[C@@]12Oc3ccc(Oc4ccc5ccccc5c4)cc3[C@H]3[C@H](CCCCO)[C@@H](CCCCO)C=C(C(=NOC(C)(C)C)C[C@@H]1N(Cc1ccc(F)cc1)C(=O)OCCOCc1ccccc1)[C@H]32. The summed E-state index contributed by atoms with van der Waals surface area (Å²) in [5.41, 5.74) is 3.48. The van der Waals surface area contributed by atoms with Crippen LogP contribution in [-0.4, -0.2) is 77.4 Å². The van der Waals surface area contributed by atoms with Gasteiger partial charge >= 0.3 is 6.09 Å². The standard InChI is InChI=1S/C58H67FN2O9/c1-5-31-67-58-53(61(38-40-21-24-45(59)25-22-40)56(64)66-33-32-65-39-41-15-7-6-8-16-41)37-51(60-70-57(2,3)4)49-35-44(19-11-13-29-62)48(20-12-14-30-63)54(55(49)58)50-36-47(27-28-52(50)69-58)68-46-26-23-42-17-9-10-18-43(42)34-46/h5-10,15-18,21-28,34-36,44,48,53-55,62-63H,1,11-14,19-20,29-33,37-39H2,2-4H3/t44-,48+,53-,54+,55+,58+/m0/s1. The average molecular weight is 955 g/mol. The van der Waals surface area contributed by atoms with Crippen LogP contribution in [0.3, 0.4) is 0 Å². The van der Waals surface area contributed by atoms with E-state index in [-0.39, 0.29) is 63.8 Å². The molecule has 1 heterocycles. The molecule has 8 rings (SSSR count). The van der Waals surface area contributed by atoms with E-state index < -0.39 is 35.3 Å². The highest BCUT2D eigenvalue weighted by atomic mass is 19.1. The highest BCUT2D eigenvalue weighted by Gasteiger charge is 2.66. The molecule has 5 aromatic carbocycles. The normalized spacial score (nSPS) is 22.1. The lowest BCUT2D eigenvalue weighted by molar-refractivity contribution is -0.256. The zero-order chi connectivity index (χ0) is 49.1. The second-order valence-corrected chi connectivity index (χ2v) is 19.5. The van der Waals surface area contributed by atoms with Crippen molar-refractivity contribution >= 4 is 22.6 Å². The third kappa shape index (κ3) is 11.9. The number of rotatable bonds is 22. The van der Waals surface area contributed by atoms with Gasteiger partial charge in [0.15, 0.2) is 0 Å². The minimum Gasteiger partial charge on any atom is -0.459 e. The number of hydrogen-bond donors (Lipinski definition) is 2. The molecule has 1 saturated carbocycles. The number of amides is 1.